The zero-order valence-corrected chi connectivity index (χ0v) is 7.24. The molecule has 1 nitrogen and oxygen atoms in total. The molecule has 2 heteroatoms. The van der Waals surface area contributed by atoms with Gasteiger partial charge in [0, 0.05) is 27.3 Å². The van der Waals surface area contributed by atoms with Gasteiger partial charge in [-0.2, -0.15) is 0 Å². The third-order valence-electron chi connectivity index (χ3n) is 0. The molecule has 1 N–H and O–H groups in total. The SMILES string of the molecule is CNC.[Cd]. The summed E-state index contributed by atoms with van der Waals surface area (Å²) in [5.74, 6) is 0. The van der Waals surface area contributed by atoms with Crippen molar-refractivity contribution in [3.8, 4) is 0 Å². The molecule has 0 atom stereocenters. The van der Waals surface area contributed by atoms with Gasteiger partial charge < -0.3 is 5.32 Å². The van der Waals surface area contributed by atoms with Gasteiger partial charge in [-0.1, -0.05) is 0 Å². The minimum absolute atomic E-state index is 0. The van der Waals surface area contributed by atoms with E-state index < -0.39 is 0 Å². The van der Waals surface area contributed by atoms with E-state index in [0.29, 0.717) is 0 Å². The molecule has 0 amide bonds. The summed E-state index contributed by atoms with van der Waals surface area (Å²) in [7, 11) is 3.75. The molecule has 0 bridgehead atoms. The van der Waals surface area contributed by atoms with Crippen LogP contribution in [0.15, 0.2) is 0 Å². The van der Waals surface area contributed by atoms with E-state index in [9.17, 15) is 0 Å². The Balaban J connectivity index is 0. The third kappa shape index (κ3) is 13.1. The summed E-state index contributed by atoms with van der Waals surface area (Å²) in [5, 5.41) is 2.75. The molecule has 0 unspecified atom stereocenters. The van der Waals surface area contributed by atoms with Crippen molar-refractivity contribution in [1.29, 1.82) is 0 Å². The minimum Gasteiger partial charge on any atom is -0.323 e. The van der Waals surface area contributed by atoms with Crippen molar-refractivity contribution in [3.63, 3.8) is 0 Å². The van der Waals surface area contributed by atoms with E-state index in [1.165, 1.54) is 0 Å². The average molecular weight is 157 g/mol. The molecule has 0 radical (unpaired) electrons. The second-order valence-corrected chi connectivity index (χ2v) is 0.500. The predicted molar refractivity (Wildman–Crippen MR) is 15.0 cm³/mol. The fourth-order valence-corrected chi connectivity index (χ4v) is 0. The Hall–Kier alpha value is 0.882. The van der Waals surface area contributed by atoms with Crippen molar-refractivity contribution in [1.82, 2.24) is 5.32 Å². The van der Waals surface area contributed by atoms with Crippen molar-refractivity contribution >= 4 is 0 Å². The maximum Gasteiger partial charge on any atom is 0 e. The predicted octanol–water partition coefficient (Wildman–Crippen LogP) is -0.167. The maximum atomic E-state index is 2.75. The maximum absolute atomic E-state index is 2.75. The molecule has 0 heterocycles. The van der Waals surface area contributed by atoms with Crippen LogP contribution in [0.1, 0.15) is 0 Å². The van der Waals surface area contributed by atoms with Gasteiger partial charge in [0.2, 0.25) is 0 Å². The molecule has 0 spiro atoms. The molecule has 0 aliphatic rings. The summed E-state index contributed by atoms with van der Waals surface area (Å²) >= 11 is 0. The molecule has 0 aromatic carbocycles. The standard InChI is InChI=1S/C2H7N.Cd/c1-3-2;/h3H,1-2H3;. The summed E-state index contributed by atoms with van der Waals surface area (Å²) in [5.41, 5.74) is 0. The zero-order valence-electron chi connectivity index (χ0n) is 3.21. The average Bonchev–Trinajstić information content (AvgIpc) is 0.918. The fourth-order valence-electron chi connectivity index (χ4n) is 0. The van der Waals surface area contributed by atoms with Gasteiger partial charge >= 0.3 is 0 Å². The van der Waals surface area contributed by atoms with Crippen LogP contribution in [-0.4, -0.2) is 14.1 Å². The van der Waals surface area contributed by atoms with Crippen molar-refractivity contribution < 1.29 is 27.3 Å². The first-order valence-electron chi connectivity index (χ1n) is 1.00. The Kier molecular flexibility index (Phi) is 20.2. The van der Waals surface area contributed by atoms with E-state index in [2.05, 4.69) is 5.32 Å². The summed E-state index contributed by atoms with van der Waals surface area (Å²) < 4.78 is 0. The van der Waals surface area contributed by atoms with E-state index in [4.69, 9.17) is 0 Å². The molecule has 0 rings (SSSR count). The van der Waals surface area contributed by atoms with Crippen LogP contribution < -0.4 is 5.32 Å². The second-order valence-electron chi connectivity index (χ2n) is 0.500. The number of rotatable bonds is 0. The van der Waals surface area contributed by atoms with Crippen LogP contribution in [0.2, 0.25) is 0 Å². The normalized spacial score (nSPS) is 4.50. The van der Waals surface area contributed by atoms with E-state index in [1.54, 1.807) is 0 Å². The Morgan fingerprint density at radius 2 is 1.25 bits per heavy atom. The van der Waals surface area contributed by atoms with Crippen LogP contribution in [0, 0.1) is 0 Å². The summed E-state index contributed by atoms with van der Waals surface area (Å²) in [6, 6.07) is 0. The van der Waals surface area contributed by atoms with Gasteiger partial charge in [-0.3, -0.25) is 0 Å². The first-order chi connectivity index (χ1) is 1.41. The molecule has 0 aliphatic heterocycles. The van der Waals surface area contributed by atoms with Gasteiger partial charge in [0.15, 0.2) is 0 Å². The molecular weight excluding hydrogens is 150 g/mol. The fraction of sp³-hybridized carbons (Fsp3) is 1.00. The Bertz CT molecular complexity index is 6.00. The van der Waals surface area contributed by atoms with Crippen LogP contribution in [0.25, 0.3) is 0 Å². The van der Waals surface area contributed by atoms with Gasteiger partial charge in [0.25, 0.3) is 0 Å². The largest absolute Gasteiger partial charge is 0.323 e. The monoisotopic (exact) mass is 159 g/mol. The molecule has 0 aliphatic carbocycles. The van der Waals surface area contributed by atoms with E-state index in [-0.39, 0.29) is 27.3 Å². The molecule has 0 saturated carbocycles. The van der Waals surface area contributed by atoms with Crippen molar-refractivity contribution in [3.05, 3.63) is 0 Å². The minimum atomic E-state index is 0. The molecule has 0 fully saturated rings. The van der Waals surface area contributed by atoms with E-state index >= 15 is 0 Å². The Labute approximate surface area is 46.9 Å². The van der Waals surface area contributed by atoms with Gasteiger partial charge in [0.1, 0.15) is 0 Å². The van der Waals surface area contributed by atoms with Crippen molar-refractivity contribution in [2.45, 2.75) is 0 Å². The molecule has 0 aromatic heterocycles. The zero-order chi connectivity index (χ0) is 2.71. The van der Waals surface area contributed by atoms with Crippen LogP contribution in [0.4, 0.5) is 0 Å². The molecule has 0 aromatic rings. The first kappa shape index (κ1) is 8.86. The van der Waals surface area contributed by atoms with Gasteiger partial charge in [-0.25, -0.2) is 0 Å². The van der Waals surface area contributed by atoms with Crippen LogP contribution in [0.5, 0.6) is 0 Å². The first-order valence-corrected chi connectivity index (χ1v) is 1.00. The van der Waals surface area contributed by atoms with Gasteiger partial charge in [0.05, 0.1) is 0 Å². The topological polar surface area (TPSA) is 12.0 Å². The van der Waals surface area contributed by atoms with E-state index in [1.807, 2.05) is 14.1 Å². The summed E-state index contributed by atoms with van der Waals surface area (Å²) in [4.78, 5) is 0. The quantitative estimate of drug-likeness (QED) is 0.482. The molecule has 22 valence electrons. The van der Waals surface area contributed by atoms with Crippen molar-refractivity contribution in [2.75, 3.05) is 14.1 Å². The van der Waals surface area contributed by atoms with Crippen molar-refractivity contribution in [2.24, 2.45) is 0 Å². The number of hydrogen-bond acceptors (Lipinski definition) is 1. The number of hydrogen-bond donors (Lipinski definition) is 1. The molecular formula is C2H7CdN. The second kappa shape index (κ2) is 9.10. The Morgan fingerprint density at radius 3 is 1.25 bits per heavy atom. The summed E-state index contributed by atoms with van der Waals surface area (Å²) in [6.07, 6.45) is 0. The van der Waals surface area contributed by atoms with Crippen LogP contribution >= 0.6 is 0 Å². The summed E-state index contributed by atoms with van der Waals surface area (Å²) in [6.45, 7) is 0. The third-order valence-corrected chi connectivity index (χ3v) is 0. The van der Waals surface area contributed by atoms with Gasteiger partial charge in [-0.05, 0) is 14.1 Å². The smallest absolute Gasteiger partial charge is 0 e. The number of nitrogens with one attached hydrogen (secondary N) is 1. The Morgan fingerprint density at radius 1 is 1.25 bits per heavy atom. The molecule has 4 heavy (non-hydrogen) atoms. The van der Waals surface area contributed by atoms with Crippen LogP contribution in [0.3, 0.4) is 0 Å². The van der Waals surface area contributed by atoms with E-state index in [0.717, 1.165) is 0 Å². The van der Waals surface area contributed by atoms with Crippen LogP contribution in [-0.2, 0) is 27.3 Å². The molecule has 0 saturated heterocycles. The van der Waals surface area contributed by atoms with Gasteiger partial charge in [-0.15, -0.1) is 0 Å².